The summed E-state index contributed by atoms with van der Waals surface area (Å²) in [5.74, 6) is -0.947. The zero-order chi connectivity index (χ0) is 19.1. The average molecular weight is 362 g/mol. The standard InChI is InChI=1S/C20H18N4O3/c1-27-20(26)16-7-2-3-8-17(16)24-19(25)18-12-14(9-11-22-18)23-13-15-6-4-5-10-21-15/h2-12H,13H2,1H3,(H,22,23)(H,24,25). The van der Waals surface area contributed by atoms with E-state index in [1.807, 2.05) is 18.2 Å². The minimum Gasteiger partial charge on any atom is -0.465 e. The van der Waals surface area contributed by atoms with E-state index in [1.165, 1.54) is 7.11 Å². The van der Waals surface area contributed by atoms with Crippen LogP contribution in [0, 0.1) is 0 Å². The van der Waals surface area contributed by atoms with E-state index in [0.717, 1.165) is 11.4 Å². The molecule has 136 valence electrons. The van der Waals surface area contributed by atoms with Crippen molar-refractivity contribution >= 4 is 23.3 Å². The lowest BCUT2D eigenvalue weighted by Crippen LogP contribution is -2.17. The molecule has 0 atom stereocenters. The first-order valence-electron chi connectivity index (χ1n) is 8.26. The van der Waals surface area contributed by atoms with Gasteiger partial charge in [-0.05, 0) is 36.4 Å². The average Bonchev–Trinajstić information content (AvgIpc) is 2.73. The number of carbonyl (C=O) groups is 2. The maximum absolute atomic E-state index is 12.5. The van der Waals surface area contributed by atoms with Crippen LogP contribution in [0.5, 0.6) is 0 Å². The van der Waals surface area contributed by atoms with Crippen molar-refractivity contribution in [2.45, 2.75) is 6.54 Å². The number of hydrogen-bond acceptors (Lipinski definition) is 6. The van der Waals surface area contributed by atoms with Crippen molar-refractivity contribution in [2.75, 3.05) is 17.7 Å². The van der Waals surface area contributed by atoms with Crippen LogP contribution in [0.25, 0.3) is 0 Å². The van der Waals surface area contributed by atoms with Gasteiger partial charge in [0.2, 0.25) is 0 Å². The summed E-state index contributed by atoms with van der Waals surface area (Å²) in [6.45, 7) is 0.525. The molecular formula is C20H18N4O3. The number of nitrogens with one attached hydrogen (secondary N) is 2. The summed E-state index contributed by atoms with van der Waals surface area (Å²) in [7, 11) is 1.29. The third-order valence-corrected chi connectivity index (χ3v) is 3.77. The highest BCUT2D eigenvalue weighted by molar-refractivity contribution is 6.07. The van der Waals surface area contributed by atoms with E-state index < -0.39 is 11.9 Å². The molecule has 0 fully saturated rings. The number of benzene rings is 1. The highest BCUT2D eigenvalue weighted by atomic mass is 16.5. The number of ether oxygens (including phenoxy) is 1. The van der Waals surface area contributed by atoms with Gasteiger partial charge in [-0.15, -0.1) is 0 Å². The SMILES string of the molecule is COC(=O)c1ccccc1NC(=O)c1cc(NCc2ccccn2)ccn1. The number of pyridine rings is 2. The minimum atomic E-state index is -0.523. The molecule has 3 rings (SSSR count). The minimum absolute atomic E-state index is 0.223. The molecule has 7 nitrogen and oxygen atoms in total. The summed E-state index contributed by atoms with van der Waals surface area (Å²) in [4.78, 5) is 32.7. The Morgan fingerprint density at radius 3 is 2.59 bits per heavy atom. The van der Waals surface area contributed by atoms with Gasteiger partial charge in [-0.3, -0.25) is 14.8 Å². The van der Waals surface area contributed by atoms with Gasteiger partial charge < -0.3 is 15.4 Å². The van der Waals surface area contributed by atoms with Crippen molar-refractivity contribution in [1.82, 2.24) is 9.97 Å². The van der Waals surface area contributed by atoms with Crippen LogP contribution in [0.3, 0.4) is 0 Å². The number of nitrogens with zero attached hydrogens (tertiary/aromatic N) is 2. The first-order valence-corrected chi connectivity index (χ1v) is 8.26. The normalized spacial score (nSPS) is 10.1. The lowest BCUT2D eigenvalue weighted by Gasteiger charge is -2.10. The second kappa shape index (κ2) is 8.57. The quantitative estimate of drug-likeness (QED) is 0.655. The number of rotatable bonds is 6. The van der Waals surface area contributed by atoms with Gasteiger partial charge in [0.25, 0.3) is 5.91 Å². The number of methoxy groups -OCH3 is 1. The number of esters is 1. The fraction of sp³-hybridized carbons (Fsp3) is 0.100. The molecule has 0 radical (unpaired) electrons. The summed E-state index contributed by atoms with van der Waals surface area (Å²) in [6.07, 6.45) is 3.27. The predicted molar refractivity (Wildman–Crippen MR) is 102 cm³/mol. The van der Waals surface area contributed by atoms with Crippen LogP contribution >= 0.6 is 0 Å². The molecule has 2 heterocycles. The van der Waals surface area contributed by atoms with Gasteiger partial charge in [0.1, 0.15) is 5.69 Å². The van der Waals surface area contributed by atoms with Gasteiger partial charge in [0.05, 0.1) is 30.6 Å². The molecule has 1 aromatic carbocycles. The number of para-hydroxylation sites is 1. The van der Waals surface area contributed by atoms with E-state index in [1.54, 1.807) is 48.8 Å². The van der Waals surface area contributed by atoms with Crippen LogP contribution in [-0.2, 0) is 11.3 Å². The monoisotopic (exact) mass is 362 g/mol. The third kappa shape index (κ3) is 4.66. The molecule has 0 aliphatic rings. The zero-order valence-corrected chi connectivity index (χ0v) is 14.7. The molecular weight excluding hydrogens is 344 g/mol. The maximum atomic E-state index is 12.5. The molecule has 1 amide bonds. The lowest BCUT2D eigenvalue weighted by molar-refractivity contribution is 0.0602. The van der Waals surface area contributed by atoms with Gasteiger partial charge >= 0.3 is 5.97 Å². The fourth-order valence-electron chi connectivity index (χ4n) is 2.43. The summed E-state index contributed by atoms with van der Waals surface area (Å²) in [6, 6.07) is 15.7. The Labute approximate surface area is 156 Å². The molecule has 0 unspecified atom stereocenters. The Balaban J connectivity index is 1.72. The second-order valence-electron chi connectivity index (χ2n) is 5.60. The van der Waals surface area contributed by atoms with Crippen LogP contribution in [0.15, 0.2) is 67.0 Å². The van der Waals surface area contributed by atoms with Gasteiger partial charge in [0, 0.05) is 18.1 Å². The Morgan fingerprint density at radius 1 is 1.00 bits per heavy atom. The second-order valence-corrected chi connectivity index (χ2v) is 5.60. The van der Waals surface area contributed by atoms with Crippen LogP contribution < -0.4 is 10.6 Å². The van der Waals surface area contributed by atoms with E-state index in [-0.39, 0.29) is 11.3 Å². The van der Waals surface area contributed by atoms with Gasteiger partial charge in [-0.1, -0.05) is 18.2 Å². The van der Waals surface area contributed by atoms with Crippen molar-refractivity contribution < 1.29 is 14.3 Å². The van der Waals surface area contributed by atoms with E-state index in [2.05, 4.69) is 20.6 Å². The molecule has 7 heteroatoms. The Bertz CT molecular complexity index is 945. The van der Waals surface area contributed by atoms with E-state index in [0.29, 0.717) is 12.2 Å². The summed E-state index contributed by atoms with van der Waals surface area (Å²) < 4.78 is 4.74. The Kier molecular flexibility index (Phi) is 5.73. The summed E-state index contributed by atoms with van der Waals surface area (Å²) in [5, 5.41) is 5.90. The Morgan fingerprint density at radius 2 is 1.81 bits per heavy atom. The molecule has 3 aromatic rings. The number of hydrogen-bond donors (Lipinski definition) is 2. The van der Waals surface area contributed by atoms with E-state index in [4.69, 9.17) is 4.74 Å². The van der Waals surface area contributed by atoms with Gasteiger partial charge in [-0.2, -0.15) is 0 Å². The molecule has 0 aliphatic carbocycles. The Hall–Kier alpha value is -3.74. The first-order chi connectivity index (χ1) is 13.2. The van der Waals surface area contributed by atoms with Crippen LogP contribution in [0.4, 0.5) is 11.4 Å². The molecule has 0 aliphatic heterocycles. The predicted octanol–water partition coefficient (Wildman–Crippen LogP) is 3.13. The number of carbonyl (C=O) groups excluding carboxylic acids is 2. The van der Waals surface area contributed by atoms with Gasteiger partial charge in [-0.25, -0.2) is 4.79 Å². The largest absolute Gasteiger partial charge is 0.465 e. The van der Waals surface area contributed by atoms with Crippen molar-refractivity contribution in [1.29, 1.82) is 0 Å². The fourth-order valence-corrected chi connectivity index (χ4v) is 2.43. The number of aromatic nitrogens is 2. The van der Waals surface area contributed by atoms with Crippen molar-refractivity contribution in [2.24, 2.45) is 0 Å². The lowest BCUT2D eigenvalue weighted by atomic mass is 10.1. The van der Waals surface area contributed by atoms with Crippen molar-refractivity contribution in [3.8, 4) is 0 Å². The number of amides is 1. The van der Waals surface area contributed by atoms with Gasteiger partial charge in [0.15, 0.2) is 0 Å². The van der Waals surface area contributed by atoms with Crippen molar-refractivity contribution in [3.63, 3.8) is 0 Å². The summed E-state index contributed by atoms with van der Waals surface area (Å²) >= 11 is 0. The highest BCUT2D eigenvalue weighted by Gasteiger charge is 2.15. The molecule has 27 heavy (non-hydrogen) atoms. The van der Waals surface area contributed by atoms with E-state index in [9.17, 15) is 9.59 Å². The van der Waals surface area contributed by atoms with E-state index >= 15 is 0 Å². The molecule has 0 saturated heterocycles. The topological polar surface area (TPSA) is 93.2 Å². The molecule has 2 N–H and O–H groups in total. The summed E-state index contributed by atoms with van der Waals surface area (Å²) in [5.41, 5.74) is 2.48. The highest BCUT2D eigenvalue weighted by Crippen LogP contribution is 2.18. The van der Waals surface area contributed by atoms with Crippen molar-refractivity contribution in [3.05, 3.63) is 83.9 Å². The molecule has 0 spiro atoms. The smallest absolute Gasteiger partial charge is 0.339 e. The first kappa shape index (κ1) is 18.1. The number of anilines is 2. The van der Waals surface area contributed by atoms with Crippen LogP contribution in [-0.4, -0.2) is 29.0 Å². The third-order valence-electron chi connectivity index (χ3n) is 3.77. The molecule has 2 aromatic heterocycles. The molecule has 0 bridgehead atoms. The van der Waals surface area contributed by atoms with Crippen LogP contribution in [0.2, 0.25) is 0 Å². The maximum Gasteiger partial charge on any atom is 0.339 e. The zero-order valence-electron chi connectivity index (χ0n) is 14.7. The van der Waals surface area contributed by atoms with Crippen LogP contribution in [0.1, 0.15) is 26.5 Å². The molecule has 0 saturated carbocycles.